The minimum atomic E-state index is 0.0511. The van der Waals surface area contributed by atoms with Crippen molar-refractivity contribution in [2.24, 2.45) is 20.5 Å². The molecule has 5 aliphatic carbocycles. The number of rotatable bonds is 0. The van der Waals surface area contributed by atoms with Gasteiger partial charge in [-0.1, -0.05) is 62.0 Å². The van der Waals surface area contributed by atoms with Crippen molar-refractivity contribution in [2.45, 2.75) is 180 Å². The highest BCUT2D eigenvalue weighted by atomic mass is 32.2. The first-order valence-electron chi connectivity index (χ1n) is 17.1. The highest BCUT2D eigenvalue weighted by molar-refractivity contribution is 8.03. The van der Waals surface area contributed by atoms with Crippen molar-refractivity contribution in [1.82, 2.24) is 21.7 Å². The first kappa shape index (κ1) is 28.6. The summed E-state index contributed by atoms with van der Waals surface area (Å²) in [6.07, 6.45) is 27.3. The monoisotopic (exact) mass is 648 g/mol. The summed E-state index contributed by atoms with van der Waals surface area (Å²) in [7, 11) is 0. The van der Waals surface area contributed by atoms with E-state index < -0.39 is 0 Å². The van der Waals surface area contributed by atoms with Crippen LogP contribution in [0.4, 0.5) is 0 Å². The molecule has 0 aromatic rings. The molecule has 12 heteroatoms. The summed E-state index contributed by atoms with van der Waals surface area (Å²) in [6.45, 7) is 0. The van der Waals surface area contributed by atoms with Gasteiger partial charge in [0.05, 0.1) is 19.5 Å². The molecular formula is C30H48N8S4. The summed E-state index contributed by atoms with van der Waals surface area (Å²) in [5.74, 6) is 0. The Bertz CT molecular complexity index is 1040. The fourth-order valence-corrected chi connectivity index (χ4v) is 16.6. The van der Waals surface area contributed by atoms with E-state index in [9.17, 15) is 0 Å². The zero-order valence-electron chi connectivity index (χ0n) is 25.0. The van der Waals surface area contributed by atoms with Gasteiger partial charge >= 0.3 is 0 Å². The highest BCUT2D eigenvalue weighted by Crippen LogP contribution is 2.65. The molecular weight excluding hydrogens is 601 g/mol. The Morgan fingerprint density at radius 1 is 0.286 bits per heavy atom. The van der Waals surface area contributed by atoms with Gasteiger partial charge in [-0.15, -0.1) is 23.5 Å². The minimum Gasteiger partial charge on any atom is -0.240 e. The van der Waals surface area contributed by atoms with Crippen molar-refractivity contribution in [1.29, 1.82) is 0 Å². The molecule has 0 atom stereocenters. The summed E-state index contributed by atoms with van der Waals surface area (Å²) in [6, 6.07) is 0. The second kappa shape index (κ2) is 9.97. The van der Waals surface area contributed by atoms with Crippen molar-refractivity contribution >= 4 is 47.0 Å². The van der Waals surface area contributed by atoms with E-state index in [-0.39, 0.29) is 39.0 Å². The minimum absolute atomic E-state index is 0.0511. The molecule has 4 N–H and O–H groups in total. The predicted molar refractivity (Wildman–Crippen MR) is 176 cm³/mol. The molecule has 7 fully saturated rings. The van der Waals surface area contributed by atoms with Crippen LogP contribution in [0.2, 0.25) is 0 Å². The van der Waals surface area contributed by atoms with Crippen LogP contribution in [0, 0.1) is 0 Å². The normalized spacial score (nSPS) is 50.7. The van der Waals surface area contributed by atoms with E-state index in [0.29, 0.717) is 0 Å². The molecule has 4 aliphatic heterocycles. The Hall–Kier alpha value is 0.440. The van der Waals surface area contributed by atoms with E-state index in [1.165, 1.54) is 116 Å². The molecule has 0 unspecified atom stereocenters. The Kier molecular flexibility index (Phi) is 6.80. The lowest BCUT2D eigenvalue weighted by Crippen LogP contribution is -2.54. The standard InChI is InChI=1S/C30H48N8S4/c1-3-7-23(8-4-1)31-33-25(39-23)11-15-27(16-12-25)35-37-29(41-27)19-21-30(22-20-29)38-36-28(42-30)17-13-26(14-18-28)34-32-24(40-26)9-5-2-6-10-24/h35-38H,1-22H2. The molecule has 0 radical (unpaired) electrons. The Morgan fingerprint density at radius 3 is 0.857 bits per heavy atom. The van der Waals surface area contributed by atoms with Crippen molar-refractivity contribution in [3.63, 3.8) is 0 Å². The number of hydrazine groups is 2. The molecule has 0 aromatic heterocycles. The third-order valence-electron chi connectivity index (χ3n) is 12.2. The lowest BCUT2D eigenvalue weighted by atomic mass is 9.90. The predicted octanol–water partition coefficient (Wildman–Crippen LogP) is 8.29. The van der Waals surface area contributed by atoms with Crippen molar-refractivity contribution in [3.8, 4) is 0 Å². The summed E-state index contributed by atoms with van der Waals surface area (Å²) in [5, 5.41) is 19.9. The van der Waals surface area contributed by atoms with Gasteiger partial charge in [-0.05, 0) is 103 Å². The largest absolute Gasteiger partial charge is 0.240 e. The zero-order valence-corrected chi connectivity index (χ0v) is 28.2. The summed E-state index contributed by atoms with van der Waals surface area (Å²) in [4.78, 5) is 0.970. The topological polar surface area (TPSA) is 97.6 Å². The van der Waals surface area contributed by atoms with Crippen molar-refractivity contribution in [3.05, 3.63) is 0 Å². The van der Waals surface area contributed by atoms with Gasteiger partial charge in [0, 0.05) is 0 Å². The van der Waals surface area contributed by atoms with E-state index in [0.717, 1.165) is 25.7 Å². The van der Waals surface area contributed by atoms with Gasteiger partial charge in [0.1, 0.15) is 19.5 Å². The Labute approximate surface area is 268 Å². The third-order valence-corrected chi connectivity index (χ3v) is 19.3. The Morgan fingerprint density at radius 2 is 0.548 bits per heavy atom. The van der Waals surface area contributed by atoms with E-state index in [1.54, 1.807) is 0 Å². The van der Waals surface area contributed by atoms with Crippen molar-refractivity contribution < 1.29 is 0 Å². The summed E-state index contributed by atoms with van der Waals surface area (Å²) < 4.78 is 0. The second-order valence-corrected chi connectivity index (χ2v) is 22.2. The van der Waals surface area contributed by atoms with Gasteiger partial charge in [-0.3, -0.25) is 0 Å². The molecule has 0 amide bonds. The molecule has 9 rings (SSSR count). The smallest absolute Gasteiger partial charge is 0.129 e. The molecule has 0 aromatic carbocycles. The van der Waals surface area contributed by atoms with Gasteiger partial charge in [-0.25, -0.2) is 21.7 Å². The number of azo groups is 2. The lowest BCUT2D eigenvalue weighted by molar-refractivity contribution is 0.215. The quantitative estimate of drug-likeness (QED) is 0.208. The maximum atomic E-state index is 5.00. The number of hydrogen-bond donors (Lipinski definition) is 4. The van der Waals surface area contributed by atoms with E-state index >= 15 is 0 Å². The average molecular weight is 649 g/mol. The van der Waals surface area contributed by atoms with E-state index in [2.05, 4.69) is 68.8 Å². The van der Waals surface area contributed by atoms with Crippen LogP contribution < -0.4 is 21.7 Å². The molecule has 0 bridgehead atoms. The van der Waals surface area contributed by atoms with Crippen LogP contribution in [0.3, 0.4) is 0 Å². The van der Waals surface area contributed by atoms with Crippen molar-refractivity contribution in [2.75, 3.05) is 0 Å². The first-order chi connectivity index (χ1) is 20.3. The van der Waals surface area contributed by atoms with E-state index in [4.69, 9.17) is 20.5 Å². The fraction of sp³-hybridized carbons (Fsp3) is 1.00. The van der Waals surface area contributed by atoms with Crippen LogP contribution in [0.1, 0.15) is 141 Å². The molecule has 8 spiro atoms. The molecule has 5 saturated carbocycles. The van der Waals surface area contributed by atoms with Crippen LogP contribution in [-0.4, -0.2) is 39.0 Å². The molecule has 4 heterocycles. The second-order valence-electron chi connectivity index (χ2n) is 15.2. The van der Waals surface area contributed by atoms with Crippen LogP contribution in [0.5, 0.6) is 0 Å². The van der Waals surface area contributed by atoms with Gasteiger partial charge < -0.3 is 0 Å². The van der Waals surface area contributed by atoms with Crippen LogP contribution in [0.15, 0.2) is 20.5 Å². The van der Waals surface area contributed by atoms with Crippen LogP contribution >= 0.6 is 47.0 Å². The molecule has 42 heavy (non-hydrogen) atoms. The maximum Gasteiger partial charge on any atom is 0.129 e. The number of thioether (sulfide) groups is 4. The summed E-state index contributed by atoms with van der Waals surface area (Å²) >= 11 is 8.74. The SMILES string of the molecule is C1CCC2(CC1)N=NC1(CCC3(CC1)NNC1(CCC4(CC1)NNC1(CCC5(CC1)N=NC1(CCCCC1)S5)S4)S3)S2. The highest BCUT2D eigenvalue weighted by Gasteiger charge is 2.61. The van der Waals surface area contributed by atoms with Crippen LogP contribution in [-0.2, 0) is 0 Å². The molecule has 2 saturated heterocycles. The maximum absolute atomic E-state index is 5.00. The molecule has 8 nitrogen and oxygen atoms in total. The molecule has 232 valence electrons. The third kappa shape index (κ3) is 4.80. The number of hydrogen-bond acceptors (Lipinski definition) is 12. The van der Waals surface area contributed by atoms with Gasteiger partial charge in [0.15, 0.2) is 0 Å². The average Bonchev–Trinajstić information content (AvgIpc) is 3.75. The number of nitrogens with zero attached hydrogens (tertiary/aromatic N) is 4. The number of nitrogens with one attached hydrogen (secondary N) is 4. The van der Waals surface area contributed by atoms with Gasteiger partial charge in [0.2, 0.25) is 0 Å². The van der Waals surface area contributed by atoms with E-state index in [1.807, 2.05) is 0 Å². The Balaban J connectivity index is 0.789. The zero-order chi connectivity index (χ0) is 28.0. The first-order valence-corrected chi connectivity index (χ1v) is 20.4. The van der Waals surface area contributed by atoms with Crippen LogP contribution in [0.25, 0.3) is 0 Å². The van der Waals surface area contributed by atoms with Gasteiger partial charge in [-0.2, -0.15) is 20.5 Å². The lowest BCUT2D eigenvalue weighted by Gasteiger charge is -2.45. The fourth-order valence-electron chi connectivity index (χ4n) is 9.53. The van der Waals surface area contributed by atoms with Gasteiger partial charge in [0.25, 0.3) is 0 Å². The summed E-state index contributed by atoms with van der Waals surface area (Å²) in [5.41, 5.74) is 15.5. The molecule has 9 aliphatic rings.